The topological polar surface area (TPSA) is 50.7 Å². The molecule has 0 amide bonds. The second-order valence-electron chi connectivity index (χ2n) is 6.26. The Balaban J connectivity index is 2.47. The Morgan fingerprint density at radius 3 is 2.59 bits per heavy atom. The zero-order chi connectivity index (χ0) is 19.9. The number of thiophene rings is 1. The maximum atomic E-state index is 13.8. The first kappa shape index (κ1) is 19.8. The molecule has 0 aromatic carbocycles. The van der Waals surface area contributed by atoms with Crippen LogP contribution in [0.1, 0.15) is 43.7 Å². The number of nitrogens with zero attached hydrogens (tertiary/aromatic N) is 2. The number of hydrogen-bond donors (Lipinski definition) is 1. The second kappa shape index (κ2) is 7.20. The van der Waals surface area contributed by atoms with Crippen LogP contribution in [-0.2, 0) is 12.6 Å². The largest absolute Gasteiger partial charge is 0.417 e. The van der Waals surface area contributed by atoms with Crippen LogP contribution in [0.3, 0.4) is 0 Å². The lowest BCUT2D eigenvalue weighted by Gasteiger charge is -2.19. The fourth-order valence-electron chi connectivity index (χ4n) is 2.89. The smallest absolute Gasteiger partial charge is 0.300 e. The van der Waals surface area contributed by atoms with E-state index in [-0.39, 0.29) is 22.2 Å². The molecule has 27 heavy (non-hydrogen) atoms. The molecule has 0 saturated carbocycles. The number of fused-ring (bicyclic) bond motifs is 1. The Labute approximate surface area is 162 Å². The van der Waals surface area contributed by atoms with Crippen LogP contribution in [0, 0.1) is 4.77 Å². The van der Waals surface area contributed by atoms with Gasteiger partial charge in [-0.25, -0.2) is 4.98 Å². The summed E-state index contributed by atoms with van der Waals surface area (Å²) in [7, 11) is 0. The fraction of sp³-hybridized carbons (Fsp3) is 0.389. The first-order valence-corrected chi connectivity index (χ1v) is 9.75. The van der Waals surface area contributed by atoms with Gasteiger partial charge in [0.1, 0.15) is 5.65 Å². The number of alkyl halides is 3. The number of hydrogen-bond acceptors (Lipinski definition) is 4. The third-order valence-electron chi connectivity index (χ3n) is 4.49. The monoisotopic (exact) mass is 413 g/mol. The Morgan fingerprint density at radius 1 is 1.33 bits per heavy atom. The minimum atomic E-state index is -4.69. The van der Waals surface area contributed by atoms with E-state index in [9.17, 15) is 18.0 Å². The van der Waals surface area contributed by atoms with E-state index in [0.29, 0.717) is 11.3 Å². The summed E-state index contributed by atoms with van der Waals surface area (Å²) in [6.07, 6.45) is -3.28. The molecule has 0 bridgehead atoms. The average molecular weight is 413 g/mol. The van der Waals surface area contributed by atoms with E-state index in [4.69, 9.17) is 12.2 Å². The van der Waals surface area contributed by atoms with Crippen LogP contribution in [0.2, 0.25) is 0 Å². The van der Waals surface area contributed by atoms with Crippen molar-refractivity contribution in [1.29, 1.82) is 0 Å². The molecule has 144 valence electrons. The summed E-state index contributed by atoms with van der Waals surface area (Å²) in [5.41, 5.74) is -1.71. The average Bonchev–Trinajstić information content (AvgIpc) is 3.08. The van der Waals surface area contributed by atoms with Crippen LogP contribution in [0.15, 0.2) is 23.0 Å². The highest BCUT2D eigenvalue weighted by atomic mass is 32.1. The lowest BCUT2D eigenvalue weighted by molar-refractivity contribution is -0.136. The van der Waals surface area contributed by atoms with Crippen molar-refractivity contribution in [3.8, 4) is 10.6 Å². The van der Waals surface area contributed by atoms with Gasteiger partial charge >= 0.3 is 6.18 Å². The SMILES string of the molecule is CCc1ccc(-c2cc(C(F)(F)F)c3c(=O)[nH]c(=S)n([C@H](C)CC)c3n2)s1. The first-order valence-electron chi connectivity index (χ1n) is 8.53. The molecule has 1 N–H and O–H groups in total. The van der Waals surface area contributed by atoms with Crippen LogP contribution in [-0.4, -0.2) is 14.5 Å². The first-order chi connectivity index (χ1) is 12.7. The summed E-state index contributed by atoms with van der Waals surface area (Å²) >= 11 is 6.61. The third kappa shape index (κ3) is 3.58. The van der Waals surface area contributed by atoms with Crippen LogP contribution in [0.25, 0.3) is 21.6 Å². The maximum absolute atomic E-state index is 13.8. The maximum Gasteiger partial charge on any atom is 0.417 e. The van der Waals surface area contributed by atoms with E-state index in [1.165, 1.54) is 15.9 Å². The van der Waals surface area contributed by atoms with Gasteiger partial charge in [-0.1, -0.05) is 13.8 Å². The second-order valence-corrected chi connectivity index (χ2v) is 7.81. The number of H-pyrrole nitrogens is 1. The molecular formula is C18H18F3N3OS2. The minimum absolute atomic E-state index is 0.0330. The molecule has 0 aliphatic rings. The summed E-state index contributed by atoms with van der Waals surface area (Å²) < 4.78 is 42.9. The number of nitrogens with one attached hydrogen (secondary N) is 1. The highest BCUT2D eigenvalue weighted by Gasteiger charge is 2.36. The zero-order valence-corrected chi connectivity index (χ0v) is 16.6. The molecule has 3 rings (SSSR count). The predicted molar refractivity (Wildman–Crippen MR) is 104 cm³/mol. The van der Waals surface area contributed by atoms with Gasteiger partial charge in [-0.05, 0) is 50.2 Å². The summed E-state index contributed by atoms with van der Waals surface area (Å²) in [5, 5.41) is -0.479. The van der Waals surface area contributed by atoms with Gasteiger partial charge in [-0.2, -0.15) is 13.2 Å². The zero-order valence-electron chi connectivity index (χ0n) is 15.0. The molecule has 0 fully saturated rings. The van der Waals surface area contributed by atoms with Crippen LogP contribution in [0.4, 0.5) is 13.2 Å². The molecule has 1 atom stereocenters. The summed E-state index contributed by atoms with van der Waals surface area (Å²) in [5.74, 6) is 0. The fourth-order valence-corrected chi connectivity index (χ4v) is 4.16. The van der Waals surface area contributed by atoms with E-state index in [2.05, 4.69) is 9.97 Å². The van der Waals surface area contributed by atoms with Gasteiger partial charge in [0.05, 0.1) is 21.5 Å². The molecule has 9 heteroatoms. The molecule has 0 spiro atoms. The van der Waals surface area contributed by atoms with Gasteiger partial charge in [0.2, 0.25) is 0 Å². The van der Waals surface area contributed by atoms with E-state index in [1.807, 2.05) is 26.8 Å². The number of aryl methyl sites for hydroxylation is 1. The molecule has 3 aromatic heterocycles. The number of halogens is 3. The van der Waals surface area contributed by atoms with E-state index in [1.54, 1.807) is 6.07 Å². The van der Waals surface area contributed by atoms with Crippen molar-refractivity contribution >= 4 is 34.6 Å². The molecule has 3 aromatic rings. The van der Waals surface area contributed by atoms with Crippen molar-refractivity contribution in [2.75, 3.05) is 0 Å². The molecule has 0 radical (unpaired) electrons. The summed E-state index contributed by atoms with van der Waals surface area (Å²) in [6.45, 7) is 5.70. The van der Waals surface area contributed by atoms with Crippen LogP contribution >= 0.6 is 23.6 Å². The standard InChI is InChI=1S/C18H18F3N3OS2/c1-4-9(3)24-15-14(16(25)23-17(24)26)11(18(19,20)21)8-12(22-15)13-7-6-10(5-2)27-13/h6-9H,4-5H2,1-3H3,(H,23,25,26)/t9-/m1/s1. The highest BCUT2D eigenvalue weighted by molar-refractivity contribution is 7.71. The van der Waals surface area contributed by atoms with E-state index in [0.717, 1.165) is 17.4 Å². The molecule has 0 saturated heterocycles. The Kier molecular flexibility index (Phi) is 5.27. The minimum Gasteiger partial charge on any atom is -0.300 e. The van der Waals surface area contributed by atoms with E-state index < -0.39 is 22.7 Å². The van der Waals surface area contributed by atoms with Crippen molar-refractivity contribution in [2.45, 2.75) is 45.8 Å². The molecule has 3 heterocycles. The Bertz CT molecular complexity index is 1110. The number of aromatic nitrogens is 3. The van der Waals surface area contributed by atoms with Gasteiger partial charge < -0.3 is 0 Å². The predicted octanol–water partition coefficient (Wildman–Crippen LogP) is 5.73. The highest BCUT2D eigenvalue weighted by Crippen LogP contribution is 2.37. The van der Waals surface area contributed by atoms with Crippen molar-refractivity contribution in [3.05, 3.63) is 43.8 Å². The quantitative estimate of drug-likeness (QED) is 0.555. The van der Waals surface area contributed by atoms with Crippen molar-refractivity contribution in [3.63, 3.8) is 0 Å². The molecular weight excluding hydrogens is 395 g/mol. The van der Waals surface area contributed by atoms with Crippen molar-refractivity contribution in [1.82, 2.24) is 14.5 Å². The van der Waals surface area contributed by atoms with Gasteiger partial charge in [0, 0.05) is 10.9 Å². The summed E-state index contributed by atoms with van der Waals surface area (Å²) in [4.78, 5) is 20.8. The number of pyridine rings is 1. The molecule has 0 aliphatic carbocycles. The van der Waals surface area contributed by atoms with Crippen molar-refractivity contribution in [2.24, 2.45) is 0 Å². The van der Waals surface area contributed by atoms with E-state index >= 15 is 0 Å². The number of rotatable bonds is 4. The van der Waals surface area contributed by atoms with Gasteiger partial charge in [-0.15, -0.1) is 11.3 Å². The lowest BCUT2D eigenvalue weighted by atomic mass is 10.1. The molecule has 0 unspecified atom stereocenters. The van der Waals surface area contributed by atoms with Gasteiger partial charge in [0.25, 0.3) is 5.56 Å². The Hall–Kier alpha value is -2.00. The van der Waals surface area contributed by atoms with Gasteiger partial charge in [-0.3, -0.25) is 14.3 Å². The normalized spacial score (nSPS) is 13.3. The number of aromatic amines is 1. The molecule has 0 aliphatic heterocycles. The lowest BCUT2D eigenvalue weighted by Crippen LogP contribution is -2.22. The van der Waals surface area contributed by atoms with Gasteiger partial charge in [0.15, 0.2) is 4.77 Å². The third-order valence-corrected chi connectivity index (χ3v) is 6.05. The van der Waals surface area contributed by atoms with Crippen LogP contribution in [0.5, 0.6) is 0 Å². The van der Waals surface area contributed by atoms with Crippen molar-refractivity contribution < 1.29 is 13.2 Å². The molecule has 4 nitrogen and oxygen atoms in total. The van der Waals surface area contributed by atoms with Crippen LogP contribution < -0.4 is 5.56 Å². The Morgan fingerprint density at radius 2 is 2.04 bits per heavy atom. The summed E-state index contributed by atoms with van der Waals surface area (Å²) in [6, 6.07) is 4.37.